The van der Waals surface area contributed by atoms with Gasteiger partial charge in [0.25, 0.3) is 0 Å². The van der Waals surface area contributed by atoms with E-state index < -0.39 is 0 Å². The molecule has 1 fully saturated rings. The van der Waals surface area contributed by atoms with Crippen molar-refractivity contribution in [2.75, 3.05) is 18.2 Å². The number of carbonyl (C=O) groups is 1. The second kappa shape index (κ2) is 8.18. The molecule has 1 amide bonds. The summed E-state index contributed by atoms with van der Waals surface area (Å²) in [6.45, 7) is 0.691. The number of benzene rings is 2. The number of hydrogen-bond donors (Lipinski definition) is 2. The Hall–Kier alpha value is -1.78. The van der Waals surface area contributed by atoms with Crippen molar-refractivity contribution in [2.24, 2.45) is 0 Å². The Labute approximate surface area is 141 Å². The van der Waals surface area contributed by atoms with Crippen LogP contribution in [0.2, 0.25) is 0 Å². The summed E-state index contributed by atoms with van der Waals surface area (Å²) < 4.78 is 0. The first-order valence-electron chi connectivity index (χ1n) is 8.03. The van der Waals surface area contributed by atoms with E-state index in [1.54, 1.807) is 11.8 Å². The summed E-state index contributed by atoms with van der Waals surface area (Å²) in [5, 5.41) is 6.29. The van der Waals surface area contributed by atoms with Crippen molar-refractivity contribution < 1.29 is 4.79 Å². The largest absolute Gasteiger partial charge is 0.355 e. The minimum Gasteiger partial charge on any atom is -0.355 e. The average molecular weight is 326 g/mol. The van der Waals surface area contributed by atoms with Gasteiger partial charge in [0.1, 0.15) is 0 Å². The molecule has 3 nitrogen and oxygen atoms in total. The fourth-order valence-electron chi connectivity index (χ4n) is 2.92. The van der Waals surface area contributed by atoms with E-state index in [-0.39, 0.29) is 11.9 Å². The van der Waals surface area contributed by atoms with Crippen LogP contribution in [0.25, 0.3) is 0 Å². The molecule has 2 aromatic carbocycles. The predicted octanol–water partition coefficient (Wildman–Crippen LogP) is 2.99. The third kappa shape index (κ3) is 4.36. The Balaban J connectivity index is 1.64. The number of nitrogens with one attached hydrogen (secondary N) is 2. The molecule has 2 aromatic rings. The molecule has 1 atom stereocenters. The molecule has 23 heavy (non-hydrogen) atoms. The van der Waals surface area contributed by atoms with Gasteiger partial charge in [-0.05, 0) is 17.5 Å². The van der Waals surface area contributed by atoms with E-state index in [9.17, 15) is 4.79 Å². The molecule has 120 valence electrons. The van der Waals surface area contributed by atoms with Gasteiger partial charge in [0, 0.05) is 24.1 Å². The maximum absolute atomic E-state index is 12.1. The van der Waals surface area contributed by atoms with Crippen LogP contribution in [-0.4, -0.2) is 30.1 Å². The van der Waals surface area contributed by atoms with Crippen molar-refractivity contribution in [2.45, 2.75) is 18.4 Å². The zero-order chi connectivity index (χ0) is 15.9. The van der Waals surface area contributed by atoms with Gasteiger partial charge in [0.05, 0.1) is 6.04 Å². The Bertz CT molecular complexity index is 572. The Morgan fingerprint density at radius 3 is 2.22 bits per heavy atom. The number of rotatable bonds is 6. The van der Waals surface area contributed by atoms with Crippen LogP contribution in [0.5, 0.6) is 0 Å². The molecule has 0 spiro atoms. The van der Waals surface area contributed by atoms with Gasteiger partial charge in [-0.1, -0.05) is 60.7 Å². The van der Waals surface area contributed by atoms with E-state index in [1.807, 2.05) is 12.1 Å². The minimum atomic E-state index is -0.0353. The fourth-order valence-corrected chi connectivity index (χ4v) is 3.86. The lowest BCUT2D eigenvalue weighted by atomic mass is 9.88. The summed E-state index contributed by atoms with van der Waals surface area (Å²) in [6, 6.07) is 21.0. The number of thioether (sulfide) groups is 1. The highest BCUT2D eigenvalue weighted by atomic mass is 32.2. The first-order valence-corrected chi connectivity index (χ1v) is 9.19. The first kappa shape index (κ1) is 16.1. The molecule has 1 aliphatic rings. The zero-order valence-corrected chi connectivity index (χ0v) is 13.9. The minimum absolute atomic E-state index is 0.0353. The van der Waals surface area contributed by atoms with Crippen LogP contribution in [0.1, 0.15) is 23.5 Å². The highest BCUT2D eigenvalue weighted by Crippen LogP contribution is 2.27. The van der Waals surface area contributed by atoms with Gasteiger partial charge in [0.2, 0.25) is 5.91 Å². The number of amides is 1. The van der Waals surface area contributed by atoms with Crippen LogP contribution >= 0.6 is 11.8 Å². The van der Waals surface area contributed by atoms with Crippen molar-refractivity contribution in [3.05, 3.63) is 71.8 Å². The Morgan fingerprint density at radius 2 is 1.70 bits per heavy atom. The SMILES string of the molecule is O=C(NCCC(c1ccccc1)c1ccccc1)C1CSCN1. The fraction of sp³-hybridized carbons (Fsp3) is 0.316. The van der Waals surface area contributed by atoms with E-state index in [4.69, 9.17) is 0 Å². The first-order chi connectivity index (χ1) is 11.3. The number of hydrogen-bond acceptors (Lipinski definition) is 3. The highest BCUT2D eigenvalue weighted by molar-refractivity contribution is 7.99. The van der Waals surface area contributed by atoms with Gasteiger partial charge < -0.3 is 5.32 Å². The van der Waals surface area contributed by atoms with Crippen LogP contribution in [-0.2, 0) is 4.79 Å². The summed E-state index contributed by atoms with van der Waals surface area (Å²) >= 11 is 1.77. The Morgan fingerprint density at radius 1 is 1.09 bits per heavy atom. The molecular formula is C19H22N2OS. The van der Waals surface area contributed by atoms with E-state index in [2.05, 4.69) is 59.2 Å². The summed E-state index contributed by atoms with van der Waals surface area (Å²) in [5.41, 5.74) is 2.59. The van der Waals surface area contributed by atoms with Crippen LogP contribution in [0.3, 0.4) is 0 Å². The third-order valence-electron chi connectivity index (χ3n) is 4.17. The van der Waals surface area contributed by atoms with E-state index in [0.29, 0.717) is 12.5 Å². The van der Waals surface area contributed by atoms with Crippen molar-refractivity contribution in [1.29, 1.82) is 0 Å². The maximum atomic E-state index is 12.1. The number of carbonyl (C=O) groups excluding carboxylic acids is 1. The van der Waals surface area contributed by atoms with E-state index in [1.165, 1.54) is 11.1 Å². The van der Waals surface area contributed by atoms with Gasteiger partial charge in [-0.25, -0.2) is 0 Å². The lowest BCUT2D eigenvalue weighted by Crippen LogP contribution is -2.42. The van der Waals surface area contributed by atoms with Crippen LogP contribution in [0.4, 0.5) is 0 Å². The lowest BCUT2D eigenvalue weighted by molar-refractivity contribution is -0.122. The summed E-state index contributed by atoms with van der Waals surface area (Å²) in [4.78, 5) is 12.1. The molecule has 0 saturated carbocycles. The molecule has 2 N–H and O–H groups in total. The smallest absolute Gasteiger partial charge is 0.238 e. The molecule has 0 radical (unpaired) electrons. The second-order valence-corrected chi connectivity index (χ2v) is 6.76. The van der Waals surface area contributed by atoms with Crippen LogP contribution in [0, 0.1) is 0 Å². The van der Waals surface area contributed by atoms with Gasteiger partial charge >= 0.3 is 0 Å². The molecule has 0 aliphatic carbocycles. The molecule has 0 aromatic heterocycles. The van der Waals surface area contributed by atoms with Crippen molar-refractivity contribution in [3.63, 3.8) is 0 Å². The van der Waals surface area contributed by atoms with Gasteiger partial charge in [-0.2, -0.15) is 0 Å². The quantitative estimate of drug-likeness (QED) is 0.857. The lowest BCUT2D eigenvalue weighted by Gasteiger charge is -2.19. The van der Waals surface area contributed by atoms with E-state index >= 15 is 0 Å². The van der Waals surface area contributed by atoms with E-state index in [0.717, 1.165) is 18.1 Å². The normalized spacial score (nSPS) is 17.3. The summed E-state index contributed by atoms with van der Waals surface area (Å²) in [6.07, 6.45) is 0.902. The molecular weight excluding hydrogens is 304 g/mol. The monoisotopic (exact) mass is 326 g/mol. The molecule has 1 saturated heterocycles. The molecule has 0 bridgehead atoms. The van der Waals surface area contributed by atoms with Crippen LogP contribution < -0.4 is 10.6 Å². The van der Waals surface area contributed by atoms with Gasteiger partial charge in [-0.15, -0.1) is 11.8 Å². The predicted molar refractivity (Wildman–Crippen MR) is 96.6 cm³/mol. The van der Waals surface area contributed by atoms with Crippen molar-refractivity contribution in [3.8, 4) is 0 Å². The highest BCUT2D eigenvalue weighted by Gasteiger charge is 2.22. The average Bonchev–Trinajstić information content (AvgIpc) is 3.15. The second-order valence-electron chi connectivity index (χ2n) is 5.73. The van der Waals surface area contributed by atoms with Gasteiger partial charge in [0.15, 0.2) is 0 Å². The van der Waals surface area contributed by atoms with Crippen LogP contribution in [0.15, 0.2) is 60.7 Å². The molecule has 1 heterocycles. The standard InChI is InChI=1S/C19H22N2OS/c22-19(18-13-23-14-21-18)20-12-11-17(15-7-3-1-4-8-15)16-9-5-2-6-10-16/h1-10,17-18,21H,11-14H2,(H,20,22). The summed E-state index contributed by atoms with van der Waals surface area (Å²) in [7, 11) is 0. The molecule has 3 rings (SSSR count). The molecule has 1 aliphatic heterocycles. The van der Waals surface area contributed by atoms with Gasteiger partial charge in [-0.3, -0.25) is 10.1 Å². The topological polar surface area (TPSA) is 41.1 Å². The maximum Gasteiger partial charge on any atom is 0.238 e. The third-order valence-corrected chi connectivity index (χ3v) is 5.11. The zero-order valence-electron chi connectivity index (χ0n) is 13.1. The Kier molecular flexibility index (Phi) is 5.72. The van der Waals surface area contributed by atoms with Crippen molar-refractivity contribution in [1.82, 2.24) is 10.6 Å². The van der Waals surface area contributed by atoms with Crippen molar-refractivity contribution >= 4 is 17.7 Å². The molecule has 1 unspecified atom stereocenters. The molecule has 4 heteroatoms. The summed E-state index contributed by atoms with van der Waals surface area (Å²) in [5.74, 6) is 2.17.